The van der Waals surface area contributed by atoms with Gasteiger partial charge in [-0.3, -0.25) is 14.0 Å². The second kappa shape index (κ2) is 6.05. The number of para-hydroxylation sites is 1. The van der Waals surface area contributed by atoms with Crippen molar-refractivity contribution in [3.63, 3.8) is 0 Å². The summed E-state index contributed by atoms with van der Waals surface area (Å²) in [5.41, 5.74) is 1.43. The summed E-state index contributed by atoms with van der Waals surface area (Å²) < 4.78 is 6.92. The molecule has 122 valence electrons. The molecule has 1 aromatic carbocycles. The van der Waals surface area contributed by atoms with Crippen LogP contribution < -0.4 is 10.9 Å². The quantitative estimate of drug-likeness (QED) is 0.746. The molecule has 1 aliphatic heterocycles. The molecular weight excluding hydrogens is 306 g/mol. The molecule has 3 aromatic rings. The van der Waals surface area contributed by atoms with Crippen LogP contribution in [0.4, 0.5) is 0 Å². The summed E-state index contributed by atoms with van der Waals surface area (Å²) in [6.45, 7) is 1.24. The Bertz CT molecular complexity index is 974. The van der Waals surface area contributed by atoms with Gasteiger partial charge in [0.15, 0.2) is 0 Å². The van der Waals surface area contributed by atoms with E-state index in [9.17, 15) is 9.59 Å². The number of hydrogen-bond donors (Lipinski definition) is 1. The van der Waals surface area contributed by atoms with Gasteiger partial charge in [0.05, 0.1) is 22.6 Å². The van der Waals surface area contributed by atoms with Gasteiger partial charge >= 0.3 is 0 Å². The van der Waals surface area contributed by atoms with Gasteiger partial charge in [0.2, 0.25) is 0 Å². The third-order valence-corrected chi connectivity index (χ3v) is 4.29. The molecular formula is C18H17N3O3. The Hall–Kier alpha value is -2.73. The molecule has 24 heavy (non-hydrogen) atoms. The molecule has 0 spiro atoms. The first-order chi connectivity index (χ1) is 11.7. The minimum absolute atomic E-state index is 0.0859. The number of carbonyl (C=O) groups excluding carboxylic acids is 1. The van der Waals surface area contributed by atoms with Gasteiger partial charge in [-0.1, -0.05) is 12.1 Å². The van der Waals surface area contributed by atoms with E-state index in [-0.39, 0.29) is 17.6 Å². The minimum Gasteiger partial charge on any atom is -0.376 e. The zero-order valence-electron chi connectivity index (χ0n) is 13.1. The molecule has 1 saturated heterocycles. The Kier molecular flexibility index (Phi) is 3.74. The number of rotatable bonds is 3. The lowest BCUT2D eigenvalue weighted by atomic mass is 10.2. The number of carbonyl (C=O) groups is 1. The van der Waals surface area contributed by atoms with Crippen LogP contribution in [0, 0.1) is 0 Å². The summed E-state index contributed by atoms with van der Waals surface area (Å²) in [6.07, 6.45) is 3.63. The summed E-state index contributed by atoms with van der Waals surface area (Å²) in [4.78, 5) is 29.4. The fraction of sp³-hybridized carbons (Fsp3) is 0.278. The molecule has 1 atom stereocenters. The van der Waals surface area contributed by atoms with Crippen LogP contribution in [-0.2, 0) is 4.74 Å². The molecule has 6 nitrogen and oxygen atoms in total. The van der Waals surface area contributed by atoms with Gasteiger partial charge in [-0.25, -0.2) is 4.98 Å². The van der Waals surface area contributed by atoms with Gasteiger partial charge in [0.1, 0.15) is 5.65 Å². The van der Waals surface area contributed by atoms with Crippen LogP contribution in [0.3, 0.4) is 0 Å². The Morgan fingerprint density at radius 1 is 1.29 bits per heavy atom. The largest absolute Gasteiger partial charge is 0.376 e. The van der Waals surface area contributed by atoms with Crippen molar-refractivity contribution in [1.29, 1.82) is 0 Å². The number of benzene rings is 1. The highest BCUT2D eigenvalue weighted by atomic mass is 16.5. The molecule has 0 unspecified atom stereocenters. The molecule has 2 aromatic heterocycles. The summed E-state index contributed by atoms with van der Waals surface area (Å²) in [5.74, 6) is -0.215. The number of amides is 1. The third kappa shape index (κ3) is 2.65. The van der Waals surface area contributed by atoms with Gasteiger partial charge in [-0.05, 0) is 37.1 Å². The third-order valence-electron chi connectivity index (χ3n) is 4.29. The second-order valence-corrected chi connectivity index (χ2v) is 5.93. The Balaban J connectivity index is 1.67. The Labute approximate surface area is 138 Å². The van der Waals surface area contributed by atoms with E-state index in [0.29, 0.717) is 28.7 Å². The van der Waals surface area contributed by atoms with Gasteiger partial charge in [0.25, 0.3) is 11.5 Å². The highest BCUT2D eigenvalue weighted by Gasteiger charge is 2.17. The van der Waals surface area contributed by atoms with E-state index in [2.05, 4.69) is 10.3 Å². The molecule has 0 saturated carbocycles. The SMILES string of the molecule is O=C(NC[C@H]1CCCO1)c1ccc2nc3ccccc3c(=O)n2c1. The van der Waals surface area contributed by atoms with Crippen LogP contribution in [0.25, 0.3) is 16.6 Å². The van der Waals surface area contributed by atoms with Crippen LogP contribution >= 0.6 is 0 Å². The van der Waals surface area contributed by atoms with Crippen LogP contribution in [0.2, 0.25) is 0 Å². The topological polar surface area (TPSA) is 72.7 Å². The van der Waals surface area contributed by atoms with E-state index in [1.807, 2.05) is 6.07 Å². The van der Waals surface area contributed by atoms with Gasteiger partial charge in [0, 0.05) is 19.3 Å². The van der Waals surface area contributed by atoms with E-state index >= 15 is 0 Å². The van der Waals surface area contributed by atoms with E-state index in [1.165, 1.54) is 4.40 Å². The fourth-order valence-corrected chi connectivity index (χ4v) is 3.00. The smallest absolute Gasteiger partial charge is 0.265 e. The lowest BCUT2D eigenvalue weighted by Crippen LogP contribution is -2.32. The number of hydrogen-bond acceptors (Lipinski definition) is 4. The van der Waals surface area contributed by atoms with Gasteiger partial charge < -0.3 is 10.1 Å². The second-order valence-electron chi connectivity index (χ2n) is 5.93. The number of ether oxygens (including phenoxy) is 1. The summed E-state index contributed by atoms with van der Waals surface area (Å²) in [5, 5.41) is 3.40. The molecule has 4 rings (SSSR count). The van der Waals surface area contributed by atoms with Gasteiger partial charge in [-0.2, -0.15) is 0 Å². The van der Waals surface area contributed by atoms with Crippen molar-refractivity contribution in [3.8, 4) is 0 Å². The molecule has 1 fully saturated rings. The predicted octanol–water partition coefficient (Wildman–Crippen LogP) is 1.76. The highest BCUT2D eigenvalue weighted by molar-refractivity contribution is 5.94. The summed E-state index contributed by atoms with van der Waals surface area (Å²) in [6, 6.07) is 10.6. The maximum absolute atomic E-state index is 12.6. The van der Waals surface area contributed by atoms with Crippen molar-refractivity contribution in [2.24, 2.45) is 0 Å². The summed E-state index contributed by atoms with van der Waals surface area (Å²) >= 11 is 0. The first kappa shape index (κ1) is 14.8. The predicted molar refractivity (Wildman–Crippen MR) is 90.3 cm³/mol. The van der Waals surface area contributed by atoms with Crippen molar-refractivity contribution in [2.45, 2.75) is 18.9 Å². The fourth-order valence-electron chi connectivity index (χ4n) is 3.00. The number of nitrogens with one attached hydrogen (secondary N) is 1. The van der Waals surface area contributed by atoms with E-state index in [1.54, 1.807) is 36.5 Å². The first-order valence-electron chi connectivity index (χ1n) is 8.03. The van der Waals surface area contributed by atoms with Crippen molar-refractivity contribution < 1.29 is 9.53 Å². The molecule has 0 bridgehead atoms. The van der Waals surface area contributed by atoms with Crippen LogP contribution in [0.5, 0.6) is 0 Å². The highest BCUT2D eigenvalue weighted by Crippen LogP contribution is 2.12. The van der Waals surface area contributed by atoms with E-state index < -0.39 is 0 Å². The Morgan fingerprint density at radius 3 is 3.00 bits per heavy atom. The van der Waals surface area contributed by atoms with Crippen molar-refractivity contribution in [2.75, 3.05) is 13.2 Å². The standard InChI is InChI=1S/C18H17N3O3/c22-17(19-10-13-4-3-9-24-13)12-7-8-16-20-15-6-2-1-5-14(15)18(23)21(16)11-12/h1-2,5-8,11,13H,3-4,9-10H2,(H,19,22)/t13-/m1/s1. The van der Waals surface area contributed by atoms with Crippen molar-refractivity contribution in [1.82, 2.24) is 14.7 Å². The zero-order valence-corrected chi connectivity index (χ0v) is 13.1. The normalized spacial score (nSPS) is 17.4. The Morgan fingerprint density at radius 2 is 2.17 bits per heavy atom. The number of aromatic nitrogens is 2. The summed E-state index contributed by atoms with van der Waals surface area (Å²) in [7, 11) is 0. The maximum atomic E-state index is 12.6. The molecule has 1 aliphatic rings. The minimum atomic E-state index is -0.215. The van der Waals surface area contributed by atoms with E-state index in [0.717, 1.165) is 19.4 Å². The molecule has 0 aliphatic carbocycles. The van der Waals surface area contributed by atoms with E-state index in [4.69, 9.17) is 4.74 Å². The molecule has 0 radical (unpaired) electrons. The van der Waals surface area contributed by atoms with Crippen LogP contribution in [0.1, 0.15) is 23.2 Å². The molecule has 6 heteroatoms. The van der Waals surface area contributed by atoms with Gasteiger partial charge in [-0.15, -0.1) is 0 Å². The van der Waals surface area contributed by atoms with Crippen LogP contribution in [-0.4, -0.2) is 34.5 Å². The first-order valence-corrected chi connectivity index (χ1v) is 8.03. The van der Waals surface area contributed by atoms with Crippen molar-refractivity contribution >= 4 is 22.5 Å². The lowest BCUT2D eigenvalue weighted by molar-refractivity contribution is 0.0857. The van der Waals surface area contributed by atoms with Crippen molar-refractivity contribution in [3.05, 3.63) is 58.5 Å². The number of pyridine rings is 1. The maximum Gasteiger partial charge on any atom is 0.265 e. The molecule has 1 amide bonds. The average Bonchev–Trinajstić information content (AvgIpc) is 3.13. The average molecular weight is 323 g/mol. The van der Waals surface area contributed by atoms with Crippen LogP contribution in [0.15, 0.2) is 47.4 Å². The number of nitrogens with zero attached hydrogens (tertiary/aromatic N) is 2. The lowest BCUT2D eigenvalue weighted by Gasteiger charge is -2.11. The number of fused-ring (bicyclic) bond motifs is 2. The monoisotopic (exact) mass is 323 g/mol. The molecule has 1 N–H and O–H groups in total. The molecule has 3 heterocycles. The zero-order chi connectivity index (χ0) is 16.5.